The van der Waals surface area contributed by atoms with Gasteiger partial charge in [0.15, 0.2) is 0 Å². The Morgan fingerprint density at radius 3 is 2.45 bits per heavy atom. The van der Waals surface area contributed by atoms with Crippen LogP contribution in [0.5, 0.6) is 5.75 Å². The summed E-state index contributed by atoms with van der Waals surface area (Å²) in [7, 11) is 1.54. The van der Waals surface area contributed by atoms with E-state index in [4.69, 9.17) is 4.74 Å². The molecule has 0 spiro atoms. The van der Waals surface area contributed by atoms with E-state index < -0.39 is 16.5 Å². The van der Waals surface area contributed by atoms with E-state index in [1.165, 1.54) is 19.2 Å². The molecule has 1 atom stereocenters. The van der Waals surface area contributed by atoms with E-state index in [0.29, 0.717) is 16.9 Å². The Labute approximate surface area is 125 Å². The fourth-order valence-corrected chi connectivity index (χ4v) is 2.90. The molecule has 0 bridgehead atoms. The predicted octanol–water partition coefficient (Wildman–Crippen LogP) is 5.07. The van der Waals surface area contributed by atoms with Crippen LogP contribution in [-0.2, 0) is 0 Å². The van der Waals surface area contributed by atoms with Gasteiger partial charge in [0, 0.05) is 11.1 Å². The van der Waals surface area contributed by atoms with Crippen molar-refractivity contribution in [2.24, 2.45) is 0 Å². The van der Waals surface area contributed by atoms with Crippen LogP contribution < -0.4 is 4.74 Å². The van der Waals surface area contributed by atoms with E-state index in [1.807, 2.05) is 19.1 Å². The quantitative estimate of drug-likeness (QED) is 0.708. The highest BCUT2D eigenvalue weighted by Gasteiger charge is 2.23. The van der Waals surface area contributed by atoms with Crippen molar-refractivity contribution in [3.05, 3.63) is 64.2 Å². The molecule has 0 aliphatic heterocycles. The molecule has 0 aromatic heterocycles. The van der Waals surface area contributed by atoms with Gasteiger partial charge in [-0.3, -0.25) is 0 Å². The highest BCUT2D eigenvalue weighted by Crippen LogP contribution is 2.39. The van der Waals surface area contributed by atoms with E-state index in [2.05, 4.69) is 15.9 Å². The van der Waals surface area contributed by atoms with Crippen molar-refractivity contribution in [3.63, 3.8) is 0 Å². The van der Waals surface area contributed by atoms with E-state index in [1.54, 1.807) is 13.0 Å². The van der Waals surface area contributed by atoms with Gasteiger partial charge in [-0.05, 0) is 31.5 Å². The zero-order chi connectivity index (χ0) is 14.9. The summed E-state index contributed by atoms with van der Waals surface area (Å²) < 4.78 is 33.5. The Bertz CT molecular complexity index is 641. The standard InChI is InChI=1S/C16H15BrF2O/c1-9-4-7-13(20-3)11(8-9)15(17)14-12(18)6-5-10(2)16(14)19/h4-8,15H,1-3H3. The average Bonchev–Trinajstić information content (AvgIpc) is 2.43. The molecule has 2 rings (SSSR count). The second kappa shape index (κ2) is 5.92. The normalized spacial score (nSPS) is 12.3. The van der Waals surface area contributed by atoms with Gasteiger partial charge in [-0.1, -0.05) is 39.7 Å². The molecular weight excluding hydrogens is 326 g/mol. The lowest BCUT2D eigenvalue weighted by atomic mass is 9.99. The van der Waals surface area contributed by atoms with E-state index in [9.17, 15) is 8.78 Å². The number of benzene rings is 2. The molecule has 0 radical (unpaired) electrons. The summed E-state index contributed by atoms with van der Waals surface area (Å²) in [5.41, 5.74) is 2.13. The molecule has 0 aliphatic carbocycles. The lowest BCUT2D eigenvalue weighted by molar-refractivity contribution is 0.409. The molecule has 0 N–H and O–H groups in total. The number of hydrogen-bond donors (Lipinski definition) is 0. The maximum Gasteiger partial charge on any atom is 0.133 e. The number of aryl methyl sites for hydroxylation is 2. The van der Waals surface area contributed by atoms with Crippen LogP contribution in [0.15, 0.2) is 30.3 Å². The number of rotatable bonds is 3. The Morgan fingerprint density at radius 2 is 1.80 bits per heavy atom. The monoisotopic (exact) mass is 340 g/mol. The molecule has 0 aliphatic rings. The van der Waals surface area contributed by atoms with Crippen molar-refractivity contribution < 1.29 is 13.5 Å². The van der Waals surface area contributed by atoms with E-state index in [-0.39, 0.29) is 5.56 Å². The van der Waals surface area contributed by atoms with E-state index in [0.717, 1.165) is 5.56 Å². The summed E-state index contributed by atoms with van der Waals surface area (Å²) in [6.07, 6.45) is 0. The maximum absolute atomic E-state index is 14.2. The van der Waals surface area contributed by atoms with Gasteiger partial charge in [0.05, 0.1) is 11.9 Å². The Kier molecular flexibility index (Phi) is 4.43. The molecule has 1 unspecified atom stereocenters. The molecular formula is C16H15BrF2O. The number of hydrogen-bond acceptors (Lipinski definition) is 1. The molecule has 0 amide bonds. The number of halogens is 3. The number of methoxy groups -OCH3 is 1. The smallest absolute Gasteiger partial charge is 0.133 e. The summed E-state index contributed by atoms with van der Waals surface area (Å²) in [5, 5.41) is 0. The minimum atomic E-state index is -0.600. The molecule has 4 heteroatoms. The van der Waals surface area contributed by atoms with Gasteiger partial charge in [0.25, 0.3) is 0 Å². The van der Waals surface area contributed by atoms with Gasteiger partial charge in [-0.25, -0.2) is 8.78 Å². The molecule has 0 heterocycles. The van der Waals surface area contributed by atoms with Crippen molar-refractivity contribution in [2.45, 2.75) is 18.7 Å². The minimum Gasteiger partial charge on any atom is -0.496 e. The van der Waals surface area contributed by atoms with Crippen LogP contribution in [0, 0.1) is 25.5 Å². The van der Waals surface area contributed by atoms with Gasteiger partial charge in [-0.15, -0.1) is 0 Å². The minimum absolute atomic E-state index is 0.00824. The third-order valence-corrected chi connectivity index (χ3v) is 4.18. The van der Waals surface area contributed by atoms with Crippen LogP contribution >= 0.6 is 15.9 Å². The lowest BCUT2D eigenvalue weighted by Crippen LogP contribution is -2.04. The number of alkyl halides is 1. The van der Waals surface area contributed by atoms with E-state index >= 15 is 0 Å². The second-order valence-electron chi connectivity index (χ2n) is 4.70. The van der Waals surface area contributed by atoms with Crippen molar-refractivity contribution in [1.29, 1.82) is 0 Å². The molecule has 106 valence electrons. The maximum atomic E-state index is 14.2. The third kappa shape index (κ3) is 2.70. The van der Waals surface area contributed by atoms with Crippen molar-refractivity contribution >= 4 is 15.9 Å². The van der Waals surface area contributed by atoms with Crippen LogP contribution in [0.4, 0.5) is 8.78 Å². The molecule has 0 saturated carbocycles. The highest BCUT2D eigenvalue weighted by atomic mass is 79.9. The summed E-state index contributed by atoms with van der Waals surface area (Å²) >= 11 is 3.40. The predicted molar refractivity (Wildman–Crippen MR) is 79.6 cm³/mol. The van der Waals surface area contributed by atoms with Gasteiger partial charge in [-0.2, -0.15) is 0 Å². The molecule has 2 aromatic rings. The zero-order valence-electron chi connectivity index (χ0n) is 11.5. The SMILES string of the molecule is COc1ccc(C)cc1C(Br)c1c(F)ccc(C)c1F. The first kappa shape index (κ1) is 15.0. The average molecular weight is 341 g/mol. The van der Waals surface area contributed by atoms with Crippen molar-refractivity contribution in [2.75, 3.05) is 7.11 Å². The molecule has 2 aromatic carbocycles. The van der Waals surface area contributed by atoms with Gasteiger partial charge in [0.1, 0.15) is 17.4 Å². The first-order valence-electron chi connectivity index (χ1n) is 6.18. The van der Waals surface area contributed by atoms with Crippen molar-refractivity contribution in [3.8, 4) is 5.75 Å². The summed E-state index contributed by atoms with van der Waals surface area (Å²) in [6, 6.07) is 8.26. The molecule has 0 saturated heterocycles. The van der Waals surface area contributed by atoms with Crippen LogP contribution in [-0.4, -0.2) is 7.11 Å². The first-order valence-corrected chi connectivity index (χ1v) is 7.10. The first-order chi connectivity index (χ1) is 9.45. The topological polar surface area (TPSA) is 9.23 Å². The summed E-state index contributed by atoms with van der Waals surface area (Å²) in [4.78, 5) is -0.600. The van der Waals surface area contributed by atoms with Crippen LogP contribution in [0.2, 0.25) is 0 Å². The largest absolute Gasteiger partial charge is 0.496 e. The number of ether oxygens (including phenoxy) is 1. The van der Waals surface area contributed by atoms with Crippen LogP contribution in [0.1, 0.15) is 27.1 Å². The fourth-order valence-electron chi connectivity index (χ4n) is 2.12. The van der Waals surface area contributed by atoms with Crippen LogP contribution in [0.3, 0.4) is 0 Å². The fraction of sp³-hybridized carbons (Fsp3) is 0.250. The van der Waals surface area contributed by atoms with Gasteiger partial charge >= 0.3 is 0 Å². The Morgan fingerprint density at radius 1 is 1.10 bits per heavy atom. The summed E-state index contributed by atoms with van der Waals surface area (Å²) in [6.45, 7) is 3.54. The Hall–Kier alpha value is -1.42. The van der Waals surface area contributed by atoms with Crippen LogP contribution in [0.25, 0.3) is 0 Å². The zero-order valence-corrected chi connectivity index (χ0v) is 13.1. The van der Waals surface area contributed by atoms with Gasteiger partial charge < -0.3 is 4.74 Å². The molecule has 0 fully saturated rings. The Balaban J connectivity index is 2.60. The second-order valence-corrected chi connectivity index (χ2v) is 5.62. The molecule has 20 heavy (non-hydrogen) atoms. The summed E-state index contributed by atoms with van der Waals surface area (Å²) in [5.74, 6) is -0.508. The highest BCUT2D eigenvalue weighted by molar-refractivity contribution is 9.09. The van der Waals surface area contributed by atoms with Gasteiger partial charge in [0.2, 0.25) is 0 Å². The molecule has 1 nitrogen and oxygen atoms in total. The third-order valence-electron chi connectivity index (χ3n) is 3.23. The lowest BCUT2D eigenvalue weighted by Gasteiger charge is -2.17. The van der Waals surface area contributed by atoms with Crippen molar-refractivity contribution in [1.82, 2.24) is 0 Å².